The zero-order valence-electron chi connectivity index (χ0n) is 15.3. The third kappa shape index (κ3) is 3.08. The number of ether oxygens (including phenoxy) is 1. The number of hydrogen-bond acceptors (Lipinski definition) is 4. The van der Waals surface area contributed by atoms with Crippen molar-refractivity contribution in [3.8, 4) is 0 Å². The first-order valence-electron chi connectivity index (χ1n) is 9.74. The lowest BCUT2D eigenvalue weighted by Crippen LogP contribution is -2.56. The summed E-state index contributed by atoms with van der Waals surface area (Å²) in [7, 11) is 0. The van der Waals surface area contributed by atoms with Crippen molar-refractivity contribution in [1.82, 2.24) is 14.7 Å². The highest BCUT2D eigenvalue weighted by Crippen LogP contribution is 2.25. The average Bonchev–Trinajstić information content (AvgIpc) is 3.10. The molecular weight excluding hydrogens is 342 g/mol. The number of benzene rings is 1. The van der Waals surface area contributed by atoms with Crippen molar-refractivity contribution in [3.05, 3.63) is 63.1 Å². The molecule has 6 nitrogen and oxygen atoms in total. The summed E-state index contributed by atoms with van der Waals surface area (Å²) >= 11 is 0. The van der Waals surface area contributed by atoms with Crippen LogP contribution >= 0.6 is 0 Å². The third-order valence-corrected chi connectivity index (χ3v) is 5.96. The van der Waals surface area contributed by atoms with Crippen LogP contribution in [0.4, 0.5) is 0 Å². The van der Waals surface area contributed by atoms with E-state index < -0.39 is 0 Å². The maximum Gasteiger partial charge on any atom is 0.267 e. The van der Waals surface area contributed by atoms with Crippen molar-refractivity contribution >= 4 is 5.91 Å². The molecule has 1 amide bonds. The summed E-state index contributed by atoms with van der Waals surface area (Å²) in [6.45, 7) is 2.43. The van der Waals surface area contributed by atoms with Gasteiger partial charge < -0.3 is 9.64 Å². The Bertz CT molecular complexity index is 946. The highest BCUT2D eigenvalue weighted by atomic mass is 16.5. The molecule has 140 valence electrons. The highest BCUT2D eigenvalue weighted by molar-refractivity contribution is 5.82. The van der Waals surface area contributed by atoms with Crippen LogP contribution in [-0.4, -0.2) is 39.8 Å². The number of likely N-dealkylation sites (tertiary alicyclic amines) is 1. The number of aryl methyl sites for hydroxylation is 2. The maximum absolute atomic E-state index is 12.7. The fourth-order valence-electron chi connectivity index (χ4n) is 4.39. The van der Waals surface area contributed by atoms with Gasteiger partial charge in [-0.1, -0.05) is 24.3 Å². The van der Waals surface area contributed by atoms with E-state index in [0.717, 1.165) is 30.5 Å². The Morgan fingerprint density at radius 3 is 2.81 bits per heavy atom. The van der Waals surface area contributed by atoms with Crippen LogP contribution in [0.1, 0.15) is 28.8 Å². The molecule has 1 unspecified atom stereocenters. The largest absolute Gasteiger partial charge is 0.363 e. The maximum atomic E-state index is 12.7. The van der Waals surface area contributed by atoms with E-state index in [-0.39, 0.29) is 23.5 Å². The van der Waals surface area contributed by atoms with Crippen LogP contribution in [0, 0.1) is 5.92 Å². The number of nitrogens with zero attached hydrogens (tertiary/aromatic N) is 3. The van der Waals surface area contributed by atoms with Crippen LogP contribution in [0.5, 0.6) is 0 Å². The quantitative estimate of drug-likeness (QED) is 0.823. The van der Waals surface area contributed by atoms with Crippen molar-refractivity contribution in [3.63, 3.8) is 0 Å². The van der Waals surface area contributed by atoms with E-state index in [9.17, 15) is 9.59 Å². The van der Waals surface area contributed by atoms with E-state index in [2.05, 4.69) is 17.2 Å². The molecule has 27 heavy (non-hydrogen) atoms. The van der Waals surface area contributed by atoms with Gasteiger partial charge in [0.05, 0.1) is 18.8 Å². The van der Waals surface area contributed by atoms with Crippen LogP contribution in [0.3, 0.4) is 0 Å². The van der Waals surface area contributed by atoms with Gasteiger partial charge in [0.2, 0.25) is 0 Å². The smallest absolute Gasteiger partial charge is 0.267 e. The molecule has 1 saturated heterocycles. The van der Waals surface area contributed by atoms with Crippen molar-refractivity contribution in [2.24, 2.45) is 5.92 Å². The molecule has 0 spiro atoms. The van der Waals surface area contributed by atoms with Gasteiger partial charge in [-0.2, -0.15) is 5.10 Å². The molecule has 0 saturated carbocycles. The predicted molar refractivity (Wildman–Crippen MR) is 99.3 cm³/mol. The lowest BCUT2D eigenvalue weighted by atomic mass is 9.95. The second-order valence-corrected chi connectivity index (χ2v) is 7.87. The van der Waals surface area contributed by atoms with Crippen molar-refractivity contribution in [2.75, 3.05) is 13.1 Å². The Balaban J connectivity index is 1.19. The van der Waals surface area contributed by atoms with Gasteiger partial charge in [0.25, 0.3) is 11.5 Å². The van der Waals surface area contributed by atoms with Crippen molar-refractivity contribution in [2.45, 2.75) is 44.9 Å². The van der Waals surface area contributed by atoms with E-state index in [1.165, 1.54) is 11.1 Å². The minimum absolute atomic E-state index is 0.0207. The molecule has 1 aromatic heterocycles. The molecule has 1 aromatic carbocycles. The zero-order chi connectivity index (χ0) is 18.4. The van der Waals surface area contributed by atoms with Gasteiger partial charge in [-0.3, -0.25) is 9.59 Å². The first-order chi connectivity index (χ1) is 13.2. The molecular formula is C21H23N3O3. The van der Waals surface area contributed by atoms with E-state index >= 15 is 0 Å². The summed E-state index contributed by atoms with van der Waals surface area (Å²) in [6, 6.07) is 9.87. The first-order valence-corrected chi connectivity index (χ1v) is 9.74. The minimum atomic E-state index is -0.387. The topological polar surface area (TPSA) is 64.4 Å². The molecule has 5 rings (SSSR count). The summed E-state index contributed by atoms with van der Waals surface area (Å²) in [6.07, 6.45) is 3.27. The molecule has 1 aliphatic carbocycles. The summed E-state index contributed by atoms with van der Waals surface area (Å²) < 4.78 is 7.37. The summed E-state index contributed by atoms with van der Waals surface area (Å²) in [4.78, 5) is 26.8. The fraction of sp³-hybridized carbons (Fsp3) is 0.476. The molecule has 0 bridgehead atoms. The monoisotopic (exact) mass is 365 g/mol. The number of aromatic nitrogens is 2. The lowest BCUT2D eigenvalue weighted by Gasteiger charge is -2.41. The van der Waals surface area contributed by atoms with E-state index in [1.807, 2.05) is 17.0 Å². The van der Waals surface area contributed by atoms with E-state index in [4.69, 9.17) is 4.74 Å². The van der Waals surface area contributed by atoms with E-state index in [0.29, 0.717) is 32.7 Å². The molecule has 1 fully saturated rings. The number of amides is 1. The van der Waals surface area contributed by atoms with Crippen LogP contribution in [0.2, 0.25) is 0 Å². The van der Waals surface area contributed by atoms with E-state index in [1.54, 1.807) is 10.7 Å². The minimum Gasteiger partial charge on any atom is -0.363 e. The molecule has 3 heterocycles. The number of carbonyl (C=O) groups excluding carboxylic acids is 1. The molecule has 2 aliphatic heterocycles. The van der Waals surface area contributed by atoms with Gasteiger partial charge in [-0.25, -0.2) is 4.68 Å². The average molecular weight is 365 g/mol. The number of hydrogen-bond donors (Lipinski definition) is 0. The van der Waals surface area contributed by atoms with Gasteiger partial charge in [-0.05, 0) is 36.0 Å². The van der Waals surface area contributed by atoms with Crippen LogP contribution in [0.25, 0.3) is 0 Å². The normalized spacial score (nSPS) is 21.5. The Morgan fingerprint density at radius 1 is 1.15 bits per heavy atom. The summed E-state index contributed by atoms with van der Waals surface area (Å²) in [5.41, 5.74) is 4.53. The number of carbonyl (C=O) groups is 1. The summed E-state index contributed by atoms with van der Waals surface area (Å²) in [5.74, 6) is 0.351. The first kappa shape index (κ1) is 16.7. The second kappa shape index (κ2) is 6.60. The Morgan fingerprint density at radius 2 is 1.96 bits per heavy atom. The predicted octanol–water partition coefficient (Wildman–Crippen LogP) is 1.33. The van der Waals surface area contributed by atoms with Gasteiger partial charge in [0, 0.05) is 31.5 Å². The van der Waals surface area contributed by atoms with Gasteiger partial charge in [-0.15, -0.1) is 0 Å². The Hall–Kier alpha value is -2.47. The highest BCUT2D eigenvalue weighted by Gasteiger charge is 2.36. The molecule has 1 atom stereocenters. The standard InChI is InChI=1S/C21H23N3O3/c25-20-9-16-6-3-7-18(16)22-24(20)12-14-10-23(11-14)21(26)19-8-15-4-1-2-5-17(15)13-27-19/h1-2,4-5,9,14,19H,3,6-8,10-13H2. The van der Waals surface area contributed by atoms with Crippen LogP contribution in [-0.2, 0) is 41.9 Å². The third-order valence-electron chi connectivity index (χ3n) is 5.96. The molecule has 0 radical (unpaired) electrons. The Kier molecular flexibility index (Phi) is 4.08. The van der Waals surface area contributed by atoms with Crippen LogP contribution < -0.4 is 5.56 Å². The molecule has 3 aliphatic rings. The van der Waals surface area contributed by atoms with Gasteiger partial charge >= 0.3 is 0 Å². The molecule has 0 N–H and O–H groups in total. The number of rotatable bonds is 3. The second-order valence-electron chi connectivity index (χ2n) is 7.87. The molecule has 6 heteroatoms. The number of fused-ring (bicyclic) bond motifs is 2. The van der Waals surface area contributed by atoms with Gasteiger partial charge in [0.1, 0.15) is 6.10 Å². The van der Waals surface area contributed by atoms with Crippen LogP contribution in [0.15, 0.2) is 35.1 Å². The molecule has 2 aromatic rings. The van der Waals surface area contributed by atoms with Crippen molar-refractivity contribution < 1.29 is 9.53 Å². The SMILES string of the molecule is O=C(C1Cc2ccccc2CO1)N1CC(Cn2nc3c(cc2=O)CCC3)C1. The fourth-order valence-corrected chi connectivity index (χ4v) is 4.39. The summed E-state index contributed by atoms with van der Waals surface area (Å²) in [5, 5.41) is 4.54. The zero-order valence-corrected chi connectivity index (χ0v) is 15.3. The lowest BCUT2D eigenvalue weighted by molar-refractivity contribution is -0.152. The Labute approximate surface area is 157 Å². The van der Waals surface area contributed by atoms with Crippen molar-refractivity contribution in [1.29, 1.82) is 0 Å². The van der Waals surface area contributed by atoms with Gasteiger partial charge in [0.15, 0.2) is 0 Å².